The number of halogens is 1. The highest BCUT2D eigenvalue weighted by atomic mass is 19.1. The van der Waals surface area contributed by atoms with Crippen molar-refractivity contribution in [3.05, 3.63) is 59.9 Å². The SMILES string of the molecule is CC(C)NC(=O)Nc1ccccc1C(=O)Nc1ccc(F)cc1. The maximum absolute atomic E-state index is 12.9. The Bertz CT molecular complexity index is 699. The molecule has 23 heavy (non-hydrogen) atoms. The van der Waals surface area contributed by atoms with Gasteiger partial charge in [0, 0.05) is 11.7 Å². The monoisotopic (exact) mass is 315 g/mol. The lowest BCUT2D eigenvalue weighted by atomic mass is 10.1. The van der Waals surface area contributed by atoms with Crippen molar-refractivity contribution in [3.63, 3.8) is 0 Å². The number of benzene rings is 2. The minimum atomic E-state index is -0.392. The Hall–Kier alpha value is -2.89. The van der Waals surface area contributed by atoms with Crippen molar-refractivity contribution in [1.29, 1.82) is 0 Å². The molecular weight excluding hydrogens is 297 g/mol. The number of rotatable bonds is 4. The molecule has 0 bridgehead atoms. The van der Waals surface area contributed by atoms with Gasteiger partial charge in [0.25, 0.3) is 5.91 Å². The van der Waals surface area contributed by atoms with Crippen LogP contribution in [0.4, 0.5) is 20.6 Å². The van der Waals surface area contributed by atoms with Crippen LogP contribution in [0, 0.1) is 5.82 Å². The van der Waals surface area contributed by atoms with Crippen LogP contribution in [-0.4, -0.2) is 18.0 Å². The Balaban J connectivity index is 2.14. The second-order valence-corrected chi connectivity index (χ2v) is 5.26. The zero-order chi connectivity index (χ0) is 16.8. The molecule has 0 saturated carbocycles. The molecule has 0 spiro atoms. The molecule has 0 atom stereocenters. The van der Waals surface area contributed by atoms with Crippen LogP contribution in [0.2, 0.25) is 0 Å². The van der Waals surface area contributed by atoms with E-state index in [-0.39, 0.29) is 17.9 Å². The number of amides is 3. The molecule has 0 saturated heterocycles. The van der Waals surface area contributed by atoms with E-state index in [4.69, 9.17) is 0 Å². The fourth-order valence-electron chi connectivity index (χ4n) is 1.94. The third kappa shape index (κ3) is 4.81. The van der Waals surface area contributed by atoms with Gasteiger partial charge in [-0.25, -0.2) is 9.18 Å². The Morgan fingerprint density at radius 3 is 2.26 bits per heavy atom. The van der Waals surface area contributed by atoms with Crippen molar-refractivity contribution in [3.8, 4) is 0 Å². The highest BCUT2D eigenvalue weighted by Crippen LogP contribution is 2.17. The number of carbonyl (C=O) groups is 2. The Labute approximate surface area is 133 Å². The molecular formula is C17H18FN3O2. The van der Waals surface area contributed by atoms with Crippen molar-refractivity contribution in [2.24, 2.45) is 0 Å². The van der Waals surface area contributed by atoms with Crippen molar-refractivity contribution in [2.45, 2.75) is 19.9 Å². The van der Waals surface area contributed by atoms with Gasteiger partial charge in [-0.05, 0) is 50.2 Å². The molecule has 0 radical (unpaired) electrons. The number of urea groups is 1. The number of carbonyl (C=O) groups excluding carboxylic acids is 2. The maximum atomic E-state index is 12.9. The number of hydrogen-bond acceptors (Lipinski definition) is 2. The normalized spacial score (nSPS) is 10.3. The Morgan fingerprint density at radius 2 is 1.61 bits per heavy atom. The number of anilines is 2. The fraction of sp³-hybridized carbons (Fsp3) is 0.176. The van der Waals surface area contributed by atoms with E-state index in [1.165, 1.54) is 24.3 Å². The van der Waals surface area contributed by atoms with E-state index in [1.54, 1.807) is 24.3 Å². The number of para-hydroxylation sites is 1. The molecule has 2 aromatic rings. The summed E-state index contributed by atoms with van der Waals surface area (Å²) in [5.74, 6) is -0.771. The van der Waals surface area contributed by atoms with Gasteiger partial charge in [-0.1, -0.05) is 12.1 Å². The minimum Gasteiger partial charge on any atom is -0.336 e. The van der Waals surface area contributed by atoms with Gasteiger partial charge in [-0.15, -0.1) is 0 Å². The lowest BCUT2D eigenvalue weighted by Gasteiger charge is -2.13. The molecule has 5 nitrogen and oxygen atoms in total. The van der Waals surface area contributed by atoms with Crippen LogP contribution in [-0.2, 0) is 0 Å². The summed E-state index contributed by atoms with van der Waals surface area (Å²) >= 11 is 0. The molecule has 0 fully saturated rings. The summed E-state index contributed by atoms with van der Waals surface area (Å²) < 4.78 is 12.9. The van der Waals surface area contributed by atoms with Crippen LogP contribution in [0.25, 0.3) is 0 Å². The lowest BCUT2D eigenvalue weighted by Crippen LogP contribution is -2.34. The van der Waals surface area contributed by atoms with Crippen LogP contribution in [0.1, 0.15) is 24.2 Å². The summed E-state index contributed by atoms with van der Waals surface area (Å²) in [5, 5.41) is 8.00. The summed E-state index contributed by atoms with van der Waals surface area (Å²) in [6.45, 7) is 3.68. The molecule has 3 amide bonds. The van der Waals surface area contributed by atoms with Gasteiger partial charge in [-0.2, -0.15) is 0 Å². The topological polar surface area (TPSA) is 70.2 Å². The summed E-state index contributed by atoms with van der Waals surface area (Å²) in [5.41, 5.74) is 1.18. The summed E-state index contributed by atoms with van der Waals surface area (Å²) in [7, 11) is 0. The molecule has 120 valence electrons. The maximum Gasteiger partial charge on any atom is 0.319 e. The molecule has 0 aromatic heterocycles. The first-order valence-corrected chi connectivity index (χ1v) is 7.19. The smallest absolute Gasteiger partial charge is 0.319 e. The average Bonchev–Trinajstić information content (AvgIpc) is 2.49. The van der Waals surface area contributed by atoms with E-state index in [1.807, 2.05) is 13.8 Å². The Morgan fingerprint density at radius 1 is 0.957 bits per heavy atom. The zero-order valence-electron chi connectivity index (χ0n) is 12.9. The second-order valence-electron chi connectivity index (χ2n) is 5.26. The van der Waals surface area contributed by atoms with Crippen LogP contribution < -0.4 is 16.0 Å². The van der Waals surface area contributed by atoms with Gasteiger partial charge in [0.15, 0.2) is 0 Å². The van der Waals surface area contributed by atoms with Crippen molar-refractivity contribution in [2.75, 3.05) is 10.6 Å². The molecule has 6 heteroatoms. The van der Waals surface area contributed by atoms with Crippen molar-refractivity contribution >= 4 is 23.3 Å². The van der Waals surface area contributed by atoms with Crippen molar-refractivity contribution in [1.82, 2.24) is 5.32 Å². The first kappa shape index (κ1) is 16.5. The first-order chi connectivity index (χ1) is 11.0. The van der Waals surface area contributed by atoms with Gasteiger partial charge in [-0.3, -0.25) is 4.79 Å². The first-order valence-electron chi connectivity index (χ1n) is 7.19. The second kappa shape index (κ2) is 7.40. The quantitative estimate of drug-likeness (QED) is 0.806. The molecule has 0 aliphatic heterocycles. The summed E-state index contributed by atoms with van der Waals surface area (Å²) in [6, 6.07) is 11.7. The number of nitrogens with one attached hydrogen (secondary N) is 3. The molecule has 2 rings (SSSR count). The summed E-state index contributed by atoms with van der Waals surface area (Å²) in [4.78, 5) is 24.1. The van der Waals surface area contributed by atoms with Crippen LogP contribution >= 0.6 is 0 Å². The van der Waals surface area contributed by atoms with E-state index < -0.39 is 5.91 Å². The van der Waals surface area contributed by atoms with Gasteiger partial charge in [0.1, 0.15) is 5.82 Å². The van der Waals surface area contributed by atoms with Gasteiger partial charge < -0.3 is 16.0 Å². The molecule has 2 aromatic carbocycles. The number of hydrogen-bond donors (Lipinski definition) is 3. The highest BCUT2D eigenvalue weighted by Gasteiger charge is 2.13. The predicted molar refractivity (Wildman–Crippen MR) is 88.1 cm³/mol. The van der Waals surface area contributed by atoms with E-state index in [0.29, 0.717) is 16.9 Å². The molecule has 0 aliphatic carbocycles. The minimum absolute atomic E-state index is 0.0183. The third-order valence-corrected chi connectivity index (χ3v) is 2.94. The Kier molecular flexibility index (Phi) is 5.30. The van der Waals surface area contributed by atoms with Crippen LogP contribution in [0.15, 0.2) is 48.5 Å². The molecule has 0 unspecified atom stereocenters. The zero-order valence-corrected chi connectivity index (χ0v) is 12.9. The van der Waals surface area contributed by atoms with Gasteiger partial charge in [0.2, 0.25) is 0 Å². The van der Waals surface area contributed by atoms with Crippen LogP contribution in [0.3, 0.4) is 0 Å². The van der Waals surface area contributed by atoms with Gasteiger partial charge >= 0.3 is 6.03 Å². The predicted octanol–water partition coefficient (Wildman–Crippen LogP) is 3.61. The molecule has 0 heterocycles. The lowest BCUT2D eigenvalue weighted by molar-refractivity contribution is 0.102. The summed E-state index contributed by atoms with van der Waals surface area (Å²) in [6.07, 6.45) is 0. The van der Waals surface area contributed by atoms with Crippen LogP contribution in [0.5, 0.6) is 0 Å². The largest absolute Gasteiger partial charge is 0.336 e. The van der Waals surface area contributed by atoms with E-state index >= 15 is 0 Å². The third-order valence-electron chi connectivity index (χ3n) is 2.94. The highest BCUT2D eigenvalue weighted by molar-refractivity contribution is 6.09. The van der Waals surface area contributed by atoms with E-state index in [0.717, 1.165) is 0 Å². The van der Waals surface area contributed by atoms with E-state index in [9.17, 15) is 14.0 Å². The molecule has 3 N–H and O–H groups in total. The standard InChI is InChI=1S/C17H18FN3O2/c1-11(2)19-17(23)21-15-6-4-3-5-14(15)16(22)20-13-9-7-12(18)8-10-13/h3-11H,1-2H3,(H,20,22)(H2,19,21,23). The van der Waals surface area contributed by atoms with E-state index in [2.05, 4.69) is 16.0 Å². The van der Waals surface area contributed by atoms with Crippen molar-refractivity contribution < 1.29 is 14.0 Å². The molecule has 0 aliphatic rings. The average molecular weight is 315 g/mol. The fourth-order valence-corrected chi connectivity index (χ4v) is 1.94. The van der Waals surface area contributed by atoms with Gasteiger partial charge in [0.05, 0.1) is 11.3 Å².